The minimum atomic E-state index is 0. The number of aliphatic imine (C=N–C) groups is 1. The van der Waals surface area contributed by atoms with E-state index in [9.17, 15) is 0 Å². The second-order valence-corrected chi connectivity index (χ2v) is 5.99. The van der Waals surface area contributed by atoms with E-state index < -0.39 is 0 Å². The number of nitrogens with zero attached hydrogens (tertiary/aromatic N) is 1. The van der Waals surface area contributed by atoms with Gasteiger partial charge in [0.2, 0.25) is 0 Å². The number of guanidine groups is 1. The zero-order valence-corrected chi connectivity index (χ0v) is 18.3. The molecule has 6 heteroatoms. The zero-order chi connectivity index (χ0) is 17.6. The van der Waals surface area contributed by atoms with Gasteiger partial charge < -0.3 is 20.1 Å². The van der Waals surface area contributed by atoms with E-state index in [1.165, 1.54) is 12.0 Å². The first-order valence-corrected chi connectivity index (χ1v) is 8.93. The largest absolute Gasteiger partial charge is 0.491 e. The van der Waals surface area contributed by atoms with Gasteiger partial charge in [-0.1, -0.05) is 25.5 Å². The van der Waals surface area contributed by atoms with Crippen molar-refractivity contribution in [2.75, 3.05) is 26.8 Å². The highest BCUT2D eigenvalue weighted by Gasteiger charge is 2.01. The number of ether oxygens (including phenoxy) is 2. The molecule has 1 rings (SSSR count). The smallest absolute Gasteiger partial charge is 0.191 e. The third-order valence-corrected chi connectivity index (χ3v) is 3.35. The van der Waals surface area contributed by atoms with Crippen LogP contribution in [0, 0.1) is 0 Å². The lowest BCUT2D eigenvalue weighted by Gasteiger charge is -2.14. The van der Waals surface area contributed by atoms with Crippen LogP contribution in [0.1, 0.15) is 45.6 Å². The van der Waals surface area contributed by atoms with E-state index in [2.05, 4.69) is 34.7 Å². The van der Waals surface area contributed by atoms with Crippen molar-refractivity contribution >= 4 is 29.9 Å². The van der Waals surface area contributed by atoms with Gasteiger partial charge in [-0.2, -0.15) is 0 Å². The SMILES string of the molecule is CCCCOCCCNC(=NC)NCc1cccc(OC(C)C)c1.I. The van der Waals surface area contributed by atoms with Crippen molar-refractivity contribution < 1.29 is 9.47 Å². The standard InChI is InChI=1S/C19H33N3O2.HI/c1-5-6-12-23-13-8-11-21-19(20-4)22-15-17-9-7-10-18(14-17)24-16(2)3;/h7,9-10,14,16H,5-6,8,11-13,15H2,1-4H3,(H2,20,21,22);1H. The van der Waals surface area contributed by atoms with Crippen molar-refractivity contribution in [3.63, 3.8) is 0 Å². The van der Waals surface area contributed by atoms with E-state index in [1.807, 2.05) is 26.0 Å². The van der Waals surface area contributed by atoms with Crippen LogP contribution < -0.4 is 15.4 Å². The summed E-state index contributed by atoms with van der Waals surface area (Å²) in [7, 11) is 1.78. The highest BCUT2D eigenvalue weighted by molar-refractivity contribution is 14.0. The Morgan fingerprint density at radius 3 is 2.60 bits per heavy atom. The molecule has 25 heavy (non-hydrogen) atoms. The van der Waals surface area contributed by atoms with Crippen LogP contribution in [0.5, 0.6) is 5.75 Å². The fourth-order valence-electron chi connectivity index (χ4n) is 2.14. The second kappa shape index (κ2) is 15.3. The quantitative estimate of drug-likeness (QED) is 0.226. The lowest BCUT2D eigenvalue weighted by Crippen LogP contribution is -2.37. The van der Waals surface area contributed by atoms with E-state index in [-0.39, 0.29) is 30.1 Å². The van der Waals surface area contributed by atoms with Crippen LogP contribution in [-0.4, -0.2) is 38.9 Å². The molecule has 0 aliphatic heterocycles. The molecule has 5 nitrogen and oxygen atoms in total. The number of unbranched alkanes of at least 4 members (excludes halogenated alkanes) is 1. The van der Waals surface area contributed by atoms with E-state index in [0.717, 1.165) is 44.3 Å². The maximum atomic E-state index is 5.72. The fraction of sp³-hybridized carbons (Fsp3) is 0.632. The molecule has 144 valence electrons. The first-order chi connectivity index (χ1) is 11.7. The van der Waals surface area contributed by atoms with Crippen molar-refractivity contribution in [2.45, 2.75) is 52.7 Å². The van der Waals surface area contributed by atoms with Crippen LogP contribution in [0.4, 0.5) is 0 Å². The van der Waals surface area contributed by atoms with Gasteiger partial charge in [0.25, 0.3) is 0 Å². The van der Waals surface area contributed by atoms with E-state index in [4.69, 9.17) is 9.47 Å². The van der Waals surface area contributed by atoms with Crippen molar-refractivity contribution in [2.24, 2.45) is 4.99 Å². The Bertz CT molecular complexity index is 481. The van der Waals surface area contributed by atoms with Crippen LogP contribution in [0.3, 0.4) is 0 Å². The van der Waals surface area contributed by atoms with Crippen LogP contribution in [0.15, 0.2) is 29.3 Å². The summed E-state index contributed by atoms with van der Waals surface area (Å²) in [6.07, 6.45) is 3.47. The molecule has 0 saturated carbocycles. The second-order valence-electron chi connectivity index (χ2n) is 5.99. The van der Waals surface area contributed by atoms with E-state index in [1.54, 1.807) is 7.05 Å². The summed E-state index contributed by atoms with van der Waals surface area (Å²) in [6, 6.07) is 8.13. The lowest BCUT2D eigenvalue weighted by molar-refractivity contribution is 0.129. The van der Waals surface area contributed by atoms with Crippen molar-refractivity contribution in [3.05, 3.63) is 29.8 Å². The van der Waals surface area contributed by atoms with E-state index in [0.29, 0.717) is 6.54 Å². The molecule has 0 unspecified atom stereocenters. The van der Waals surface area contributed by atoms with Gasteiger partial charge in [0, 0.05) is 33.4 Å². The molecule has 0 fully saturated rings. The first-order valence-electron chi connectivity index (χ1n) is 8.93. The van der Waals surface area contributed by atoms with Gasteiger partial charge in [-0.3, -0.25) is 4.99 Å². The molecule has 0 bridgehead atoms. The molecular weight excluding hydrogens is 429 g/mol. The van der Waals surface area contributed by atoms with Crippen LogP contribution >= 0.6 is 24.0 Å². The summed E-state index contributed by atoms with van der Waals surface area (Å²) in [5.41, 5.74) is 1.17. The number of hydrogen-bond donors (Lipinski definition) is 2. The summed E-state index contributed by atoms with van der Waals surface area (Å²) in [5, 5.41) is 6.63. The van der Waals surface area contributed by atoms with E-state index >= 15 is 0 Å². The minimum Gasteiger partial charge on any atom is -0.491 e. The number of hydrogen-bond acceptors (Lipinski definition) is 3. The maximum Gasteiger partial charge on any atom is 0.191 e. The summed E-state index contributed by atoms with van der Waals surface area (Å²) >= 11 is 0. The number of rotatable bonds is 11. The Morgan fingerprint density at radius 2 is 1.92 bits per heavy atom. The van der Waals surface area contributed by atoms with Gasteiger partial charge in [-0.25, -0.2) is 0 Å². The topological polar surface area (TPSA) is 54.9 Å². The molecular formula is C19H34IN3O2. The average Bonchev–Trinajstić information content (AvgIpc) is 2.56. The van der Waals surface area contributed by atoms with Gasteiger partial charge in [-0.15, -0.1) is 24.0 Å². The molecule has 0 atom stereocenters. The maximum absolute atomic E-state index is 5.72. The van der Waals surface area contributed by atoms with Gasteiger partial charge in [0.1, 0.15) is 5.75 Å². The minimum absolute atomic E-state index is 0. The predicted octanol–water partition coefficient (Wildman–Crippen LogP) is 3.96. The van der Waals surface area contributed by atoms with Crippen LogP contribution in [-0.2, 0) is 11.3 Å². The Balaban J connectivity index is 0.00000576. The number of nitrogens with one attached hydrogen (secondary N) is 2. The predicted molar refractivity (Wildman–Crippen MR) is 116 cm³/mol. The molecule has 0 aliphatic rings. The molecule has 0 saturated heterocycles. The number of benzene rings is 1. The summed E-state index contributed by atoms with van der Waals surface area (Å²) in [6.45, 7) is 9.44. The first kappa shape index (κ1) is 24.0. The van der Waals surface area contributed by atoms with Crippen molar-refractivity contribution in [1.29, 1.82) is 0 Å². The molecule has 0 spiro atoms. The highest BCUT2D eigenvalue weighted by atomic mass is 127. The Morgan fingerprint density at radius 1 is 1.16 bits per heavy atom. The zero-order valence-electron chi connectivity index (χ0n) is 16.0. The molecule has 0 radical (unpaired) electrons. The van der Waals surface area contributed by atoms with Crippen molar-refractivity contribution in [3.8, 4) is 5.75 Å². The Kier molecular flexibility index (Phi) is 14.6. The molecule has 1 aromatic rings. The van der Waals surface area contributed by atoms with Crippen LogP contribution in [0.2, 0.25) is 0 Å². The monoisotopic (exact) mass is 463 g/mol. The molecule has 0 heterocycles. The third-order valence-electron chi connectivity index (χ3n) is 3.35. The van der Waals surface area contributed by atoms with Gasteiger partial charge in [-0.05, 0) is 44.4 Å². The highest BCUT2D eigenvalue weighted by Crippen LogP contribution is 2.14. The van der Waals surface area contributed by atoms with Crippen molar-refractivity contribution in [1.82, 2.24) is 10.6 Å². The normalized spacial score (nSPS) is 11.2. The Labute approximate surface area is 170 Å². The van der Waals surface area contributed by atoms with Gasteiger partial charge >= 0.3 is 0 Å². The van der Waals surface area contributed by atoms with Crippen LogP contribution in [0.25, 0.3) is 0 Å². The average molecular weight is 463 g/mol. The lowest BCUT2D eigenvalue weighted by atomic mass is 10.2. The third kappa shape index (κ3) is 12.0. The molecule has 1 aromatic carbocycles. The fourth-order valence-corrected chi connectivity index (χ4v) is 2.14. The van der Waals surface area contributed by atoms with Gasteiger partial charge in [0.15, 0.2) is 5.96 Å². The summed E-state index contributed by atoms with van der Waals surface area (Å²) < 4.78 is 11.3. The molecule has 0 amide bonds. The molecule has 0 aromatic heterocycles. The summed E-state index contributed by atoms with van der Waals surface area (Å²) in [4.78, 5) is 4.24. The summed E-state index contributed by atoms with van der Waals surface area (Å²) in [5.74, 6) is 1.70. The molecule has 0 aliphatic carbocycles. The van der Waals surface area contributed by atoms with Gasteiger partial charge in [0.05, 0.1) is 6.10 Å². The Hall–Kier alpha value is -1.02. The number of halogens is 1. The molecule has 2 N–H and O–H groups in total.